The summed E-state index contributed by atoms with van der Waals surface area (Å²) in [5.74, 6) is -0.891. The highest BCUT2D eigenvalue weighted by molar-refractivity contribution is 5.70. The Morgan fingerprint density at radius 2 is 2.05 bits per heavy atom. The van der Waals surface area contributed by atoms with Gasteiger partial charge in [0.25, 0.3) is 0 Å². The first-order valence-corrected chi connectivity index (χ1v) is 7.17. The second-order valence-electron chi connectivity index (χ2n) is 5.95. The van der Waals surface area contributed by atoms with Crippen LogP contribution in [-0.4, -0.2) is 20.6 Å². The zero-order chi connectivity index (χ0) is 14.9. The molecule has 1 aromatic rings. The zero-order valence-corrected chi connectivity index (χ0v) is 12.4. The van der Waals surface area contributed by atoms with E-state index in [2.05, 4.69) is 11.9 Å². The fourth-order valence-electron chi connectivity index (χ4n) is 2.96. The van der Waals surface area contributed by atoms with Gasteiger partial charge in [0.05, 0.1) is 6.42 Å². The Hall–Kier alpha value is -1.65. The number of hydrogen-bond donors (Lipinski definition) is 1. The highest BCUT2D eigenvalue weighted by atomic mass is 16.4. The van der Waals surface area contributed by atoms with Crippen LogP contribution in [0.5, 0.6) is 0 Å². The van der Waals surface area contributed by atoms with E-state index in [4.69, 9.17) is 5.11 Å². The average molecular weight is 278 g/mol. The minimum Gasteiger partial charge on any atom is -0.481 e. The molecule has 20 heavy (non-hydrogen) atoms. The number of aliphatic carboxylic acids is 1. The molecule has 0 bridgehead atoms. The molecule has 0 aromatic carbocycles. The second kappa shape index (κ2) is 5.38. The van der Waals surface area contributed by atoms with Crippen LogP contribution in [0.25, 0.3) is 0 Å². The maximum absolute atomic E-state index is 12.1. The lowest BCUT2D eigenvalue weighted by molar-refractivity contribution is -0.136. The molecule has 0 atom stereocenters. The van der Waals surface area contributed by atoms with Crippen LogP contribution in [0.3, 0.4) is 0 Å². The summed E-state index contributed by atoms with van der Waals surface area (Å²) in [4.78, 5) is 27.1. The summed E-state index contributed by atoms with van der Waals surface area (Å²) >= 11 is 0. The summed E-state index contributed by atoms with van der Waals surface area (Å²) in [6.45, 7) is 6.36. The van der Waals surface area contributed by atoms with Crippen molar-refractivity contribution in [2.75, 3.05) is 0 Å². The van der Waals surface area contributed by atoms with Crippen LogP contribution >= 0.6 is 0 Å². The highest BCUT2D eigenvalue weighted by Gasteiger charge is 2.42. The summed E-state index contributed by atoms with van der Waals surface area (Å²) in [5.41, 5.74) is 1.94. The van der Waals surface area contributed by atoms with Gasteiger partial charge in [0, 0.05) is 23.5 Å². The van der Waals surface area contributed by atoms with E-state index in [1.807, 2.05) is 6.92 Å². The van der Waals surface area contributed by atoms with E-state index in [-0.39, 0.29) is 17.5 Å². The van der Waals surface area contributed by atoms with Crippen LogP contribution in [0, 0.1) is 19.3 Å². The number of aromatic nitrogens is 2. The number of rotatable bonds is 6. The number of carbonyl (C=O) groups is 1. The molecule has 0 saturated heterocycles. The number of aryl methyl sites for hydroxylation is 1. The SMILES string of the molecule is CCCC1(Cn2c(C)c(CC(=O)O)c(C)nc2=O)CC1. The number of hydrogen-bond acceptors (Lipinski definition) is 3. The Morgan fingerprint density at radius 3 is 2.55 bits per heavy atom. The molecule has 1 heterocycles. The van der Waals surface area contributed by atoms with Gasteiger partial charge in [-0.3, -0.25) is 9.36 Å². The Kier molecular flexibility index (Phi) is 3.97. The normalized spacial score (nSPS) is 16.1. The molecule has 0 spiro atoms. The fourth-order valence-corrected chi connectivity index (χ4v) is 2.96. The van der Waals surface area contributed by atoms with Gasteiger partial charge in [-0.25, -0.2) is 4.79 Å². The van der Waals surface area contributed by atoms with E-state index < -0.39 is 5.97 Å². The second-order valence-corrected chi connectivity index (χ2v) is 5.95. The first-order valence-electron chi connectivity index (χ1n) is 7.17. The van der Waals surface area contributed by atoms with E-state index in [1.165, 1.54) is 0 Å². The molecule has 1 N–H and O–H groups in total. The minimum atomic E-state index is -0.891. The first kappa shape index (κ1) is 14.8. The van der Waals surface area contributed by atoms with Crippen LogP contribution < -0.4 is 5.69 Å². The number of carboxylic acids is 1. The van der Waals surface area contributed by atoms with Gasteiger partial charge in [0.15, 0.2) is 0 Å². The maximum atomic E-state index is 12.1. The van der Waals surface area contributed by atoms with Gasteiger partial charge in [0.1, 0.15) is 0 Å². The topological polar surface area (TPSA) is 72.2 Å². The third-order valence-corrected chi connectivity index (χ3v) is 4.33. The quantitative estimate of drug-likeness (QED) is 0.864. The van der Waals surface area contributed by atoms with Gasteiger partial charge >= 0.3 is 11.7 Å². The van der Waals surface area contributed by atoms with Crippen LogP contribution in [0.1, 0.15) is 49.6 Å². The van der Waals surface area contributed by atoms with Crippen LogP contribution in [0.4, 0.5) is 0 Å². The van der Waals surface area contributed by atoms with Gasteiger partial charge < -0.3 is 5.11 Å². The van der Waals surface area contributed by atoms with Crippen molar-refractivity contribution in [3.63, 3.8) is 0 Å². The number of carboxylic acid groups (broad SMARTS) is 1. The highest BCUT2D eigenvalue weighted by Crippen LogP contribution is 2.50. The van der Waals surface area contributed by atoms with E-state index in [1.54, 1.807) is 11.5 Å². The Balaban J connectivity index is 2.38. The minimum absolute atomic E-state index is 0.0777. The molecular formula is C15H22N2O3. The molecule has 0 radical (unpaired) electrons. The summed E-state index contributed by atoms with van der Waals surface area (Å²) in [5, 5.41) is 8.99. The summed E-state index contributed by atoms with van der Waals surface area (Å²) in [6, 6.07) is 0. The van der Waals surface area contributed by atoms with Crippen LogP contribution in [0.2, 0.25) is 0 Å². The molecule has 1 aliphatic carbocycles. The summed E-state index contributed by atoms with van der Waals surface area (Å²) < 4.78 is 1.67. The standard InChI is InChI=1S/C15H22N2O3/c1-4-5-15(6-7-15)9-17-11(3)12(8-13(18)19)10(2)16-14(17)20/h4-9H2,1-3H3,(H,18,19). The molecule has 0 amide bonds. The van der Waals surface area contributed by atoms with Crippen molar-refractivity contribution in [2.24, 2.45) is 5.41 Å². The van der Waals surface area contributed by atoms with Gasteiger partial charge in [-0.05, 0) is 38.5 Å². The monoisotopic (exact) mass is 278 g/mol. The molecular weight excluding hydrogens is 256 g/mol. The lowest BCUT2D eigenvalue weighted by atomic mass is 10.00. The number of nitrogens with zero attached hydrogens (tertiary/aromatic N) is 2. The molecule has 0 unspecified atom stereocenters. The molecule has 1 aromatic heterocycles. The third-order valence-electron chi connectivity index (χ3n) is 4.33. The van der Waals surface area contributed by atoms with Crippen molar-refractivity contribution in [1.82, 2.24) is 9.55 Å². The van der Waals surface area contributed by atoms with Gasteiger partial charge in [-0.1, -0.05) is 13.3 Å². The lowest BCUT2D eigenvalue weighted by Crippen LogP contribution is -2.31. The molecule has 1 saturated carbocycles. The summed E-state index contributed by atoms with van der Waals surface area (Å²) in [6.07, 6.45) is 4.44. The average Bonchev–Trinajstić information content (AvgIpc) is 3.10. The van der Waals surface area contributed by atoms with Gasteiger partial charge in [-0.15, -0.1) is 0 Å². The van der Waals surface area contributed by atoms with Crippen molar-refractivity contribution in [3.8, 4) is 0 Å². The molecule has 1 fully saturated rings. The maximum Gasteiger partial charge on any atom is 0.347 e. The lowest BCUT2D eigenvalue weighted by Gasteiger charge is -2.20. The zero-order valence-electron chi connectivity index (χ0n) is 12.4. The van der Waals surface area contributed by atoms with Crippen molar-refractivity contribution < 1.29 is 9.90 Å². The molecule has 5 nitrogen and oxygen atoms in total. The predicted octanol–water partition coefficient (Wildman–Crippen LogP) is 2.07. The van der Waals surface area contributed by atoms with Crippen molar-refractivity contribution in [2.45, 2.75) is 59.4 Å². The Labute approximate surface area is 118 Å². The molecule has 5 heteroatoms. The molecule has 0 aliphatic heterocycles. The van der Waals surface area contributed by atoms with Gasteiger partial charge in [0.2, 0.25) is 0 Å². The van der Waals surface area contributed by atoms with Gasteiger partial charge in [-0.2, -0.15) is 4.98 Å². The van der Waals surface area contributed by atoms with E-state index in [0.29, 0.717) is 17.8 Å². The first-order chi connectivity index (χ1) is 9.38. The van der Waals surface area contributed by atoms with E-state index in [0.717, 1.165) is 31.4 Å². The van der Waals surface area contributed by atoms with Crippen LogP contribution in [-0.2, 0) is 17.8 Å². The van der Waals surface area contributed by atoms with E-state index >= 15 is 0 Å². The Bertz CT molecular complexity index is 586. The largest absolute Gasteiger partial charge is 0.481 e. The third kappa shape index (κ3) is 2.92. The smallest absolute Gasteiger partial charge is 0.347 e. The summed E-state index contributed by atoms with van der Waals surface area (Å²) in [7, 11) is 0. The molecule has 110 valence electrons. The van der Waals surface area contributed by atoms with Crippen molar-refractivity contribution in [3.05, 3.63) is 27.4 Å². The van der Waals surface area contributed by atoms with E-state index in [9.17, 15) is 9.59 Å². The Morgan fingerprint density at radius 1 is 1.40 bits per heavy atom. The van der Waals surface area contributed by atoms with Crippen LogP contribution in [0.15, 0.2) is 4.79 Å². The molecule has 2 rings (SSSR count). The molecule has 1 aliphatic rings. The fraction of sp³-hybridized carbons (Fsp3) is 0.667. The predicted molar refractivity (Wildman–Crippen MR) is 75.9 cm³/mol. The van der Waals surface area contributed by atoms with Crippen molar-refractivity contribution in [1.29, 1.82) is 0 Å². The van der Waals surface area contributed by atoms with Crippen molar-refractivity contribution >= 4 is 5.97 Å².